The number of benzene rings is 1. The molecule has 6 rings (SSSR count). The first kappa shape index (κ1) is 22.9. The molecule has 7 nitrogen and oxygen atoms in total. The summed E-state index contributed by atoms with van der Waals surface area (Å²) in [5, 5.41) is 16.4. The SMILES string of the molecule is CC(C)[C@H](NC(=O)[C@H](Cc1c[nH]c2ccccc12)NC(=O)C12CC3CC(CC(C3)C1)C2)C(=O)O. The third kappa shape index (κ3) is 4.21. The summed E-state index contributed by atoms with van der Waals surface area (Å²) < 4.78 is 0. The molecule has 1 aromatic carbocycles. The maximum Gasteiger partial charge on any atom is 0.326 e. The van der Waals surface area contributed by atoms with Gasteiger partial charge in [-0.05, 0) is 73.8 Å². The van der Waals surface area contributed by atoms with Gasteiger partial charge in [0.15, 0.2) is 0 Å². The molecular formula is C27H35N3O4. The van der Waals surface area contributed by atoms with Gasteiger partial charge in [-0.15, -0.1) is 0 Å². The molecule has 2 amide bonds. The number of amides is 2. The highest BCUT2D eigenvalue weighted by Gasteiger charge is 2.55. The number of para-hydroxylation sites is 1. The van der Waals surface area contributed by atoms with Crippen LogP contribution in [-0.2, 0) is 20.8 Å². The maximum absolute atomic E-state index is 13.7. The van der Waals surface area contributed by atoms with Crippen LogP contribution in [0.2, 0.25) is 0 Å². The molecule has 0 unspecified atom stereocenters. The first-order valence-corrected chi connectivity index (χ1v) is 12.6. The van der Waals surface area contributed by atoms with E-state index in [1.54, 1.807) is 13.8 Å². The van der Waals surface area contributed by atoms with E-state index in [1.807, 2.05) is 30.5 Å². The van der Waals surface area contributed by atoms with E-state index in [-0.39, 0.29) is 17.2 Å². The Hall–Kier alpha value is -2.83. The highest BCUT2D eigenvalue weighted by atomic mass is 16.4. The van der Waals surface area contributed by atoms with Crippen molar-refractivity contribution in [3.8, 4) is 0 Å². The van der Waals surface area contributed by atoms with E-state index in [0.29, 0.717) is 24.2 Å². The number of rotatable bonds is 8. The van der Waals surface area contributed by atoms with Crippen LogP contribution in [0.5, 0.6) is 0 Å². The molecule has 34 heavy (non-hydrogen) atoms. The van der Waals surface area contributed by atoms with Crippen molar-refractivity contribution in [2.75, 3.05) is 0 Å². The second-order valence-electron chi connectivity index (χ2n) is 11.4. The summed E-state index contributed by atoms with van der Waals surface area (Å²) in [6.45, 7) is 3.53. The lowest BCUT2D eigenvalue weighted by Gasteiger charge is -2.55. The fourth-order valence-electron chi connectivity index (χ4n) is 7.20. The molecule has 2 aromatic rings. The van der Waals surface area contributed by atoms with Crippen LogP contribution in [0.15, 0.2) is 30.5 Å². The lowest BCUT2D eigenvalue weighted by molar-refractivity contribution is -0.149. The number of hydrogen-bond donors (Lipinski definition) is 4. The largest absolute Gasteiger partial charge is 0.480 e. The average Bonchev–Trinajstić information content (AvgIpc) is 3.18. The third-order valence-electron chi connectivity index (χ3n) is 8.47. The van der Waals surface area contributed by atoms with Crippen molar-refractivity contribution in [1.29, 1.82) is 0 Å². The number of H-pyrrole nitrogens is 1. The monoisotopic (exact) mass is 465 g/mol. The zero-order valence-electron chi connectivity index (χ0n) is 20.0. The van der Waals surface area contributed by atoms with Crippen LogP contribution < -0.4 is 10.6 Å². The van der Waals surface area contributed by atoms with Gasteiger partial charge in [0.2, 0.25) is 11.8 Å². The molecular weight excluding hydrogens is 430 g/mol. The quantitative estimate of drug-likeness (QED) is 0.477. The van der Waals surface area contributed by atoms with Crippen LogP contribution in [-0.4, -0.2) is 40.0 Å². The van der Waals surface area contributed by atoms with E-state index in [0.717, 1.165) is 35.7 Å². The molecule has 0 spiro atoms. The van der Waals surface area contributed by atoms with Crippen LogP contribution in [0.4, 0.5) is 0 Å². The molecule has 7 heteroatoms. The standard InChI is InChI=1S/C27H35N3O4/c1-15(2)23(25(32)33)30-24(31)22(10-19-14-28-21-6-4-3-5-20(19)21)29-26(34)27-11-16-7-17(12-27)9-18(8-16)13-27/h3-6,14-18,22-23,28H,7-13H2,1-2H3,(H,29,34)(H,30,31)(H,32,33)/t16?,17?,18?,22-,23-,27?/m0/s1. The van der Waals surface area contributed by atoms with Gasteiger partial charge in [-0.3, -0.25) is 9.59 Å². The minimum atomic E-state index is -1.07. The van der Waals surface area contributed by atoms with Gasteiger partial charge in [0.1, 0.15) is 12.1 Å². The number of aliphatic carboxylic acids is 1. The van der Waals surface area contributed by atoms with E-state index < -0.39 is 24.0 Å². The Morgan fingerprint density at radius 2 is 1.65 bits per heavy atom. The van der Waals surface area contributed by atoms with Crippen molar-refractivity contribution < 1.29 is 19.5 Å². The zero-order valence-corrected chi connectivity index (χ0v) is 20.0. The number of fused-ring (bicyclic) bond motifs is 1. The fraction of sp³-hybridized carbons (Fsp3) is 0.593. The first-order chi connectivity index (χ1) is 16.2. The van der Waals surface area contributed by atoms with E-state index in [9.17, 15) is 19.5 Å². The predicted molar refractivity (Wildman–Crippen MR) is 129 cm³/mol. The van der Waals surface area contributed by atoms with Crippen LogP contribution in [0.25, 0.3) is 10.9 Å². The summed E-state index contributed by atoms with van der Waals surface area (Å²) in [4.78, 5) is 42.1. The molecule has 4 aliphatic carbocycles. The highest BCUT2D eigenvalue weighted by molar-refractivity contribution is 5.93. The van der Waals surface area contributed by atoms with E-state index in [2.05, 4.69) is 15.6 Å². The van der Waals surface area contributed by atoms with Crippen molar-refractivity contribution in [3.05, 3.63) is 36.0 Å². The Kier molecular flexibility index (Phi) is 5.90. The molecule has 182 valence electrons. The summed E-state index contributed by atoms with van der Waals surface area (Å²) in [7, 11) is 0. The van der Waals surface area contributed by atoms with Crippen LogP contribution in [0, 0.1) is 29.1 Å². The molecule has 4 N–H and O–H groups in total. The first-order valence-electron chi connectivity index (χ1n) is 12.6. The van der Waals surface area contributed by atoms with Crippen LogP contribution in [0.3, 0.4) is 0 Å². The number of carbonyl (C=O) groups is 3. The Morgan fingerprint density at radius 1 is 1.03 bits per heavy atom. The Morgan fingerprint density at radius 3 is 2.24 bits per heavy atom. The number of nitrogens with one attached hydrogen (secondary N) is 3. The molecule has 4 fully saturated rings. The molecule has 0 radical (unpaired) electrons. The summed E-state index contributed by atoms with van der Waals surface area (Å²) in [6.07, 6.45) is 8.63. The van der Waals surface area contributed by atoms with Crippen molar-refractivity contribution in [1.82, 2.24) is 15.6 Å². The number of carboxylic acid groups (broad SMARTS) is 1. The molecule has 1 heterocycles. The van der Waals surface area contributed by atoms with Crippen LogP contribution >= 0.6 is 0 Å². The van der Waals surface area contributed by atoms with E-state index in [4.69, 9.17) is 0 Å². The van der Waals surface area contributed by atoms with Crippen molar-refractivity contribution in [3.63, 3.8) is 0 Å². The van der Waals surface area contributed by atoms with Gasteiger partial charge in [0.05, 0.1) is 0 Å². The third-order valence-corrected chi connectivity index (χ3v) is 8.47. The summed E-state index contributed by atoms with van der Waals surface area (Å²) in [5.41, 5.74) is 1.52. The predicted octanol–water partition coefficient (Wildman–Crippen LogP) is 3.64. The van der Waals surface area contributed by atoms with Gasteiger partial charge in [-0.1, -0.05) is 32.0 Å². The number of hydrogen-bond acceptors (Lipinski definition) is 3. The zero-order chi connectivity index (χ0) is 24.0. The molecule has 4 bridgehead atoms. The van der Waals surface area contributed by atoms with Crippen molar-refractivity contribution in [2.45, 2.75) is 70.9 Å². The van der Waals surface area contributed by atoms with Gasteiger partial charge < -0.3 is 20.7 Å². The number of aromatic amines is 1. The second-order valence-corrected chi connectivity index (χ2v) is 11.4. The van der Waals surface area contributed by atoms with Crippen molar-refractivity contribution in [2.24, 2.45) is 29.1 Å². The summed E-state index contributed by atoms with van der Waals surface area (Å²) in [6, 6.07) is 6.02. The topological polar surface area (TPSA) is 111 Å². The van der Waals surface area contributed by atoms with Gasteiger partial charge in [0, 0.05) is 28.9 Å². The lowest BCUT2D eigenvalue weighted by atomic mass is 9.49. The second kappa shape index (κ2) is 8.75. The normalized spacial score (nSPS) is 29.2. The summed E-state index contributed by atoms with van der Waals surface area (Å²) >= 11 is 0. The van der Waals surface area contributed by atoms with Gasteiger partial charge >= 0.3 is 5.97 Å². The Balaban J connectivity index is 1.40. The fourth-order valence-corrected chi connectivity index (χ4v) is 7.20. The van der Waals surface area contributed by atoms with E-state index >= 15 is 0 Å². The lowest BCUT2D eigenvalue weighted by Crippen LogP contribution is -2.59. The Bertz CT molecular complexity index is 1070. The molecule has 4 aliphatic rings. The number of carbonyl (C=O) groups excluding carboxylic acids is 2. The molecule has 4 saturated carbocycles. The Labute approximate surface area is 200 Å². The van der Waals surface area contributed by atoms with E-state index in [1.165, 1.54) is 19.3 Å². The van der Waals surface area contributed by atoms with Gasteiger partial charge in [-0.2, -0.15) is 0 Å². The smallest absolute Gasteiger partial charge is 0.326 e. The minimum Gasteiger partial charge on any atom is -0.480 e. The molecule has 1 aromatic heterocycles. The summed E-state index contributed by atoms with van der Waals surface area (Å²) in [5.74, 6) is 0.0591. The molecule has 2 atom stereocenters. The van der Waals surface area contributed by atoms with Gasteiger partial charge in [-0.25, -0.2) is 4.79 Å². The minimum absolute atomic E-state index is 0.0250. The number of carboxylic acids is 1. The average molecular weight is 466 g/mol. The molecule has 0 saturated heterocycles. The maximum atomic E-state index is 13.7. The van der Waals surface area contributed by atoms with Crippen molar-refractivity contribution >= 4 is 28.7 Å². The van der Waals surface area contributed by atoms with Gasteiger partial charge in [0.25, 0.3) is 0 Å². The number of aromatic nitrogens is 1. The highest BCUT2D eigenvalue weighted by Crippen LogP contribution is 2.60. The molecule has 0 aliphatic heterocycles. The van der Waals surface area contributed by atoms with Crippen LogP contribution in [0.1, 0.15) is 57.9 Å².